The number of amides is 1. The number of fused-ring (bicyclic) bond motifs is 1. The standard InChI is InChI=1S/C22H22FN3O2S/c1-14(20(27)24-16-8-6-7-15(23)13-16)29-22-25-19-12-5-4-11-18(19)21(28)26(22)17-9-2-3-10-17/h4-8,11-14,17H,2-3,9-10H2,1H3,(H,24,27)/t14-/m1/s1. The Balaban J connectivity index is 1.64. The first-order valence-corrected chi connectivity index (χ1v) is 10.7. The number of carbonyl (C=O) groups is 1. The van der Waals surface area contributed by atoms with Crippen LogP contribution in [0, 0.1) is 5.82 Å². The molecule has 1 amide bonds. The molecule has 1 atom stereocenters. The maximum absolute atomic E-state index is 13.4. The van der Waals surface area contributed by atoms with Gasteiger partial charge in [0.1, 0.15) is 5.82 Å². The van der Waals surface area contributed by atoms with Crippen LogP contribution in [0.1, 0.15) is 38.6 Å². The highest BCUT2D eigenvalue weighted by atomic mass is 32.2. The van der Waals surface area contributed by atoms with Crippen LogP contribution in [0.15, 0.2) is 58.5 Å². The van der Waals surface area contributed by atoms with E-state index in [4.69, 9.17) is 4.98 Å². The van der Waals surface area contributed by atoms with Crippen LogP contribution in [0.3, 0.4) is 0 Å². The summed E-state index contributed by atoms with van der Waals surface area (Å²) in [6.45, 7) is 1.76. The van der Waals surface area contributed by atoms with Crippen LogP contribution in [0.2, 0.25) is 0 Å². The second-order valence-electron chi connectivity index (χ2n) is 7.28. The highest BCUT2D eigenvalue weighted by Crippen LogP contribution is 2.33. The maximum Gasteiger partial charge on any atom is 0.262 e. The molecule has 5 nitrogen and oxygen atoms in total. The van der Waals surface area contributed by atoms with Crippen molar-refractivity contribution in [1.29, 1.82) is 0 Å². The third-order valence-electron chi connectivity index (χ3n) is 5.21. The van der Waals surface area contributed by atoms with Gasteiger partial charge in [-0.25, -0.2) is 9.37 Å². The van der Waals surface area contributed by atoms with Crippen LogP contribution < -0.4 is 10.9 Å². The highest BCUT2D eigenvalue weighted by Gasteiger charge is 2.25. The van der Waals surface area contributed by atoms with Gasteiger partial charge in [0.2, 0.25) is 5.91 Å². The van der Waals surface area contributed by atoms with Crippen molar-refractivity contribution in [3.05, 3.63) is 64.7 Å². The van der Waals surface area contributed by atoms with Crippen molar-refractivity contribution < 1.29 is 9.18 Å². The zero-order valence-electron chi connectivity index (χ0n) is 16.1. The second kappa shape index (κ2) is 8.37. The maximum atomic E-state index is 13.4. The first kappa shape index (κ1) is 19.6. The molecule has 29 heavy (non-hydrogen) atoms. The number of nitrogens with zero attached hydrogens (tertiary/aromatic N) is 2. The van der Waals surface area contributed by atoms with Gasteiger partial charge in [0.25, 0.3) is 5.56 Å². The van der Waals surface area contributed by atoms with E-state index in [9.17, 15) is 14.0 Å². The van der Waals surface area contributed by atoms with E-state index in [1.165, 1.54) is 23.9 Å². The molecule has 1 saturated carbocycles. The molecule has 0 aliphatic heterocycles. The van der Waals surface area contributed by atoms with Crippen LogP contribution in [0.4, 0.5) is 10.1 Å². The molecule has 7 heteroatoms. The lowest BCUT2D eigenvalue weighted by molar-refractivity contribution is -0.115. The second-order valence-corrected chi connectivity index (χ2v) is 8.59. The SMILES string of the molecule is C[C@@H](Sc1nc2ccccc2c(=O)n1C1CCCC1)C(=O)Nc1cccc(F)c1. The van der Waals surface area contributed by atoms with Gasteiger partial charge in [-0.15, -0.1) is 0 Å². The average molecular weight is 412 g/mol. The van der Waals surface area contributed by atoms with Gasteiger partial charge in [0.05, 0.1) is 16.2 Å². The molecule has 0 unspecified atom stereocenters. The Morgan fingerprint density at radius 3 is 2.72 bits per heavy atom. The van der Waals surface area contributed by atoms with E-state index in [0.29, 0.717) is 21.7 Å². The number of carbonyl (C=O) groups excluding carboxylic acids is 1. The Morgan fingerprint density at radius 2 is 1.97 bits per heavy atom. The zero-order valence-corrected chi connectivity index (χ0v) is 16.9. The number of para-hydroxylation sites is 1. The Kier molecular flexibility index (Phi) is 5.67. The summed E-state index contributed by atoms with van der Waals surface area (Å²) in [5.41, 5.74) is 0.983. The summed E-state index contributed by atoms with van der Waals surface area (Å²) in [6, 6.07) is 13.2. The Morgan fingerprint density at radius 1 is 1.21 bits per heavy atom. The molecule has 3 aromatic rings. The fraction of sp³-hybridized carbons (Fsp3) is 0.318. The summed E-state index contributed by atoms with van der Waals surface area (Å²) in [7, 11) is 0. The molecular formula is C22H22FN3O2S. The van der Waals surface area contributed by atoms with Gasteiger partial charge < -0.3 is 5.32 Å². The van der Waals surface area contributed by atoms with Gasteiger partial charge in [0, 0.05) is 11.7 Å². The zero-order chi connectivity index (χ0) is 20.4. The normalized spacial score (nSPS) is 15.5. The number of benzene rings is 2. The van der Waals surface area contributed by atoms with Crippen LogP contribution in [0.25, 0.3) is 10.9 Å². The lowest BCUT2D eigenvalue weighted by Gasteiger charge is -2.20. The molecule has 4 rings (SSSR count). The lowest BCUT2D eigenvalue weighted by atomic mass is 10.2. The first-order valence-electron chi connectivity index (χ1n) is 9.77. The quantitative estimate of drug-likeness (QED) is 0.485. The average Bonchev–Trinajstić information content (AvgIpc) is 3.22. The smallest absolute Gasteiger partial charge is 0.262 e. The van der Waals surface area contributed by atoms with Gasteiger partial charge >= 0.3 is 0 Å². The Labute approximate surface area is 172 Å². The molecule has 1 N–H and O–H groups in total. The third kappa shape index (κ3) is 4.19. The number of nitrogens with one attached hydrogen (secondary N) is 1. The van der Waals surface area contributed by atoms with E-state index < -0.39 is 11.1 Å². The first-order chi connectivity index (χ1) is 14.0. The van der Waals surface area contributed by atoms with E-state index in [2.05, 4.69) is 5.32 Å². The number of thioether (sulfide) groups is 1. The summed E-state index contributed by atoms with van der Waals surface area (Å²) in [4.78, 5) is 30.5. The Bertz CT molecular complexity index is 1110. The minimum absolute atomic E-state index is 0.0530. The molecule has 0 bridgehead atoms. The third-order valence-corrected chi connectivity index (χ3v) is 6.28. The van der Waals surface area contributed by atoms with Crippen LogP contribution in [0.5, 0.6) is 0 Å². The molecule has 1 aliphatic carbocycles. The molecule has 2 aromatic carbocycles. The van der Waals surface area contributed by atoms with Crippen molar-refractivity contribution in [2.45, 2.75) is 49.1 Å². The highest BCUT2D eigenvalue weighted by molar-refractivity contribution is 8.00. The molecule has 1 aromatic heterocycles. The van der Waals surface area contributed by atoms with Crippen molar-refractivity contribution >= 4 is 34.3 Å². The molecule has 0 saturated heterocycles. The van der Waals surface area contributed by atoms with Gasteiger partial charge in [-0.05, 0) is 50.1 Å². The van der Waals surface area contributed by atoms with Crippen molar-refractivity contribution in [3.8, 4) is 0 Å². The lowest BCUT2D eigenvalue weighted by Crippen LogP contribution is -2.29. The van der Waals surface area contributed by atoms with Crippen LogP contribution in [-0.2, 0) is 4.79 Å². The van der Waals surface area contributed by atoms with Crippen molar-refractivity contribution in [1.82, 2.24) is 9.55 Å². The molecule has 1 aliphatic rings. The molecule has 150 valence electrons. The molecule has 1 fully saturated rings. The molecule has 0 radical (unpaired) electrons. The fourth-order valence-electron chi connectivity index (χ4n) is 3.71. The van der Waals surface area contributed by atoms with Gasteiger partial charge in [-0.1, -0.05) is 42.8 Å². The van der Waals surface area contributed by atoms with E-state index in [1.807, 2.05) is 18.2 Å². The van der Waals surface area contributed by atoms with Crippen molar-refractivity contribution in [3.63, 3.8) is 0 Å². The number of rotatable bonds is 5. The summed E-state index contributed by atoms with van der Waals surface area (Å²) in [5.74, 6) is -0.671. The number of anilines is 1. The minimum Gasteiger partial charge on any atom is -0.325 e. The van der Waals surface area contributed by atoms with E-state index in [1.54, 1.807) is 29.7 Å². The Hall–Kier alpha value is -2.67. The minimum atomic E-state index is -0.501. The monoisotopic (exact) mass is 411 g/mol. The topological polar surface area (TPSA) is 64.0 Å². The predicted molar refractivity (Wildman–Crippen MR) is 114 cm³/mol. The number of hydrogen-bond donors (Lipinski definition) is 1. The van der Waals surface area contributed by atoms with Crippen LogP contribution in [-0.4, -0.2) is 20.7 Å². The van der Waals surface area contributed by atoms with Crippen molar-refractivity contribution in [2.75, 3.05) is 5.32 Å². The summed E-state index contributed by atoms with van der Waals surface area (Å²) in [6.07, 6.45) is 4.06. The number of hydrogen-bond acceptors (Lipinski definition) is 4. The molecule has 1 heterocycles. The van der Waals surface area contributed by atoms with E-state index >= 15 is 0 Å². The molecular weight excluding hydrogens is 389 g/mol. The number of aromatic nitrogens is 2. The van der Waals surface area contributed by atoms with E-state index in [0.717, 1.165) is 25.7 Å². The van der Waals surface area contributed by atoms with Gasteiger partial charge in [-0.2, -0.15) is 0 Å². The summed E-state index contributed by atoms with van der Waals surface area (Å²) in [5, 5.41) is 3.38. The number of halogens is 1. The van der Waals surface area contributed by atoms with E-state index in [-0.39, 0.29) is 17.5 Å². The van der Waals surface area contributed by atoms with Crippen LogP contribution >= 0.6 is 11.8 Å². The predicted octanol–water partition coefficient (Wildman–Crippen LogP) is 4.77. The van der Waals surface area contributed by atoms with Crippen molar-refractivity contribution in [2.24, 2.45) is 0 Å². The summed E-state index contributed by atoms with van der Waals surface area (Å²) >= 11 is 1.26. The summed E-state index contributed by atoms with van der Waals surface area (Å²) < 4.78 is 15.1. The fourth-order valence-corrected chi connectivity index (χ4v) is 4.69. The van der Waals surface area contributed by atoms with Gasteiger partial charge in [0.15, 0.2) is 5.16 Å². The largest absolute Gasteiger partial charge is 0.325 e. The molecule has 0 spiro atoms. The van der Waals surface area contributed by atoms with Gasteiger partial charge in [-0.3, -0.25) is 14.2 Å².